The Morgan fingerprint density at radius 3 is 1.48 bits per heavy atom. The zero-order chi connectivity index (χ0) is 30.9. The van der Waals surface area contributed by atoms with Crippen molar-refractivity contribution in [3.63, 3.8) is 0 Å². The summed E-state index contributed by atoms with van der Waals surface area (Å²) in [5.41, 5.74) is -2.00. The Bertz CT molecular complexity index is 1000. The van der Waals surface area contributed by atoms with Crippen molar-refractivity contribution in [3.8, 4) is 0 Å². The van der Waals surface area contributed by atoms with Crippen LogP contribution < -0.4 is 0 Å². The number of ether oxygens (including phenoxy) is 7. The summed E-state index contributed by atoms with van der Waals surface area (Å²) < 4.78 is 40.0. The SMILES string of the molecule is CCOCN1C(=O)N(COC(C)COC)C2(C)N(COC(C)COC)C(=O)N(COC(C)COC)C12c1ccccc1. The Morgan fingerprint density at radius 2 is 1.07 bits per heavy atom. The molecule has 4 amide bonds. The van der Waals surface area contributed by atoms with Crippen LogP contribution in [-0.4, -0.2) is 130 Å². The van der Waals surface area contributed by atoms with Crippen LogP contribution in [0.2, 0.25) is 0 Å². The van der Waals surface area contributed by atoms with Gasteiger partial charge in [0.05, 0.1) is 38.1 Å². The van der Waals surface area contributed by atoms with Crippen LogP contribution in [0.5, 0.6) is 0 Å². The molecular weight excluding hydrogens is 548 g/mol. The molecule has 0 spiro atoms. The van der Waals surface area contributed by atoms with Crippen molar-refractivity contribution in [2.45, 2.75) is 64.3 Å². The van der Waals surface area contributed by atoms with Crippen molar-refractivity contribution < 1.29 is 42.7 Å². The second kappa shape index (κ2) is 15.3. The second-order valence-electron chi connectivity index (χ2n) is 10.6. The lowest BCUT2D eigenvalue weighted by Gasteiger charge is -2.48. The lowest BCUT2D eigenvalue weighted by Crippen LogP contribution is -2.65. The molecule has 5 unspecified atom stereocenters. The molecule has 1 aromatic carbocycles. The van der Waals surface area contributed by atoms with Gasteiger partial charge in [-0.25, -0.2) is 9.59 Å². The van der Waals surface area contributed by atoms with Crippen molar-refractivity contribution in [1.29, 1.82) is 0 Å². The number of rotatable bonds is 19. The van der Waals surface area contributed by atoms with E-state index in [1.54, 1.807) is 40.9 Å². The minimum Gasteiger partial charge on any atom is -0.382 e. The third-order valence-electron chi connectivity index (χ3n) is 7.69. The number of carbonyl (C=O) groups excluding carboxylic acids is 2. The number of hydrogen-bond donors (Lipinski definition) is 0. The Morgan fingerprint density at radius 1 is 0.667 bits per heavy atom. The molecule has 42 heavy (non-hydrogen) atoms. The highest BCUT2D eigenvalue weighted by molar-refractivity contribution is 5.88. The van der Waals surface area contributed by atoms with Crippen molar-refractivity contribution in [2.75, 3.05) is 74.7 Å². The normalized spacial score (nSPS) is 24.5. The van der Waals surface area contributed by atoms with Gasteiger partial charge in [0.15, 0.2) is 11.3 Å². The van der Waals surface area contributed by atoms with Gasteiger partial charge >= 0.3 is 12.1 Å². The predicted molar refractivity (Wildman–Crippen MR) is 153 cm³/mol. The molecule has 0 aromatic heterocycles. The summed E-state index contributed by atoms with van der Waals surface area (Å²) >= 11 is 0. The van der Waals surface area contributed by atoms with Gasteiger partial charge in [0, 0.05) is 33.5 Å². The van der Waals surface area contributed by atoms with Crippen molar-refractivity contribution in [2.24, 2.45) is 0 Å². The minimum atomic E-state index is -1.38. The van der Waals surface area contributed by atoms with Gasteiger partial charge in [-0.3, -0.25) is 19.6 Å². The highest BCUT2D eigenvalue weighted by atomic mass is 16.6. The Labute approximate surface area is 249 Å². The fraction of sp³-hybridized carbons (Fsp3) is 0.724. The first-order chi connectivity index (χ1) is 20.1. The second-order valence-corrected chi connectivity index (χ2v) is 10.6. The van der Waals surface area contributed by atoms with Crippen LogP contribution >= 0.6 is 0 Å². The summed E-state index contributed by atoms with van der Waals surface area (Å²) in [4.78, 5) is 35.2. The standard InChI is InChI=1S/C29H48N4O9/c1-9-39-18-32-26(34)30(19-40-22(2)15-36-6)28(5)29(32,25-13-11-10-12-14-25)33(21-42-24(4)17-38-8)27(35)31(28)20-41-23(3)16-37-7/h10-14,22-24H,9,15-21H2,1-8H3. The van der Waals surface area contributed by atoms with E-state index in [1.165, 1.54) is 0 Å². The lowest BCUT2D eigenvalue weighted by atomic mass is 9.86. The molecule has 2 aliphatic heterocycles. The number of amides is 4. The Kier molecular flexibility index (Phi) is 12.4. The van der Waals surface area contributed by atoms with Gasteiger partial charge in [0.25, 0.3) is 0 Å². The van der Waals surface area contributed by atoms with Crippen molar-refractivity contribution in [1.82, 2.24) is 19.6 Å². The van der Waals surface area contributed by atoms with Crippen LogP contribution in [0.25, 0.3) is 0 Å². The number of hydrogen-bond acceptors (Lipinski definition) is 9. The van der Waals surface area contributed by atoms with E-state index < -0.39 is 11.3 Å². The van der Waals surface area contributed by atoms with E-state index >= 15 is 0 Å². The van der Waals surface area contributed by atoms with Crippen LogP contribution in [-0.2, 0) is 38.8 Å². The third-order valence-corrected chi connectivity index (χ3v) is 7.69. The molecule has 5 atom stereocenters. The third kappa shape index (κ3) is 6.37. The van der Waals surface area contributed by atoms with Crippen LogP contribution in [0.4, 0.5) is 9.59 Å². The molecule has 0 saturated carbocycles. The number of carbonyl (C=O) groups is 2. The lowest BCUT2D eigenvalue weighted by molar-refractivity contribution is -0.155. The summed E-state index contributed by atoms with van der Waals surface area (Å²) in [7, 11) is 4.76. The van der Waals surface area contributed by atoms with Crippen LogP contribution in [0.1, 0.15) is 40.2 Å². The van der Waals surface area contributed by atoms with Crippen LogP contribution in [0.15, 0.2) is 30.3 Å². The van der Waals surface area contributed by atoms with Crippen LogP contribution in [0, 0.1) is 0 Å². The molecule has 2 heterocycles. The monoisotopic (exact) mass is 596 g/mol. The molecule has 2 fully saturated rings. The van der Waals surface area contributed by atoms with E-state index in [-0.39, 0.29) is 57.3 Å². The molecule has 0 bridgehead atoms. The van der Waals surface area contributed by atoms with Gasteiger partial charge in [-0.1, -0.05) is 30.3 Å². The van der Waals surface area contributed by atoms with Gasteiger partial charge in [-0.15, -0.1) is 0 Å². The van der Waals surface area contributed by atoms with Crippen molar-refractivity contribution >= 4 is 12.1 Å². The fourth-order valence-corrected chi connectivity index (χ4v) is 5.67. The summed E-state index contributed by atoms with van der Waals surface area (Å²) in [5.74, 6) is 0. The minimum absolute atomic E-state index is 0.0733. The van der Waals surface area contributed by atoms with E-state index in [0.717, 1.165) is 0 Å². The van der Waals surface area contributed by atoms with E-state index in [9.17, 15) is 9.59 Å². The molecular formula is C29H48N4O9. The summed E-state index contributed by atoms with van der Waals surface area (Å²) in [6.45, 7) is 10.2. The zero-order valence-corrected chi connectivity index (χ0v) is 26.2. The number of fused-ring (bicyclic) bond motifs is 1. The first kappa shape index (κ1) is 34.0. The molecule has 0 N–H and O–H groups in total. The molecule has 1 aromatic rings. The molecule has 2 saturated heterocycles. The first-order valence-corrected chi connectivity index (χ1v) is 14.3. The van der Waals surface area contributed by atoms with E-state index in [2.05, 4.69) is 0 Å². The zero-order valence-electron chi connectivity index (χ0n) is 26.2. The Balaban J connectivity index is 2.23. The van der Waals surface area contributed by atoms with E-state index in [1.807, 2.05) is 65.0 Å². The summed E-state index contributed by atoms with van der Waals surface area (Å²) in [6.07, 6.45) is -0.940. The number of urea groups is 2. The predicted octanol–water partition coefficient (Wildman–Crippen LogP) is 3.05. The molecule has 0 radical (unpaired) electrons. The van der Waals surface area contributed by atoms with Gasteiger partial charge in [-0.05, 0) is 34.6 Å². The maximum Gasteiger partial charge on any atom is 0.328 e. The molecule has 2 aliphatic rings. The van der Waals surface area contributed by atoms with Gasteiger partial charge in [0.2, 0.25) is 0 Å². The van der Waals surface area contributed by atoms with Crippen LogP contribution in [0.3, 0.4) is 0 Å². The van der Waals surface area contributed by atoms with Gasteiger partial charge in [0.1, 0.15) is 26.9 Å². The molecule has 3 rings (SSSR count). The molecule has 13 nitrogen and oxygen atoms in total. The number of benzene rings is 1. The number of methoxy groups -OCH3 is 3. The van der Waals surface area contributed by atoms with Crippen molar-refractivity contribution in [3.05, 3.63) is 35.9 Å². The van der Waals surface area contributed by atoms with Gasteiger partial charge in [-0.2, -0.15) is 0 Å². The average Bonchev–Trinajstić information content (AvgIpc) is 3.26. The summed E-state index contributed by atoms with van der Waals surface area (Å²) in [5, 5.41) is 0. The highest BCUT2D eigenvalue weighted by Crippen LogP contribution is 2.57. The smallest absolute Gasteiger partial charge is 0.328 e. The molecule has 0 aliphatic carbocycles. The van der Waals surface area contributed by atoms with Gasteiger partial charge < -0.3 is 33.2 Å². The maximum absolute atomic E-state index is 14.5. The molecule has 238 valence electrons. The largest absolute Gasteiger partial charge is 0.382 e. The summed E-state index contributed by atoms with van der Waals surface area (Å²) in [6, 6.07) is 8.71. The number of nitrogens with zero attached hydrogens (tertiary/aromatic N) is 4. The molecule has 13 heteroatoms. The highest BCUT2D eigenvalue weighted by Gasteiger charge is 2.77. The average molecular weight is 597 g/mol. The fourth-order valence-electron chi connectivity index (χ4n) is 5.67. The first-order valence-electron chi connectivity index (χ1n) is 14.3. The van der Waals surface area contributed by atoms with E-state index in [0.29, 0.717) is 32.0 Å². The topological polar surface area (TPSA) is 112 Å². The quantitative estimate of drug-likeness (QED) is 0.238. The Hall–Kier alpha value is -2.52. The maximum atomic E-state index is 14.5. The van der Waals surface area contributed by atoms with E-state index in [4.69, 9.17) is 33.2 Å².